The van der Waals surface area contributed by atoms with Crippen molar-refractivity contribution in [3.05, 3.63) is 73.3 Å². The number of non-ortho nitro benzene ring substituents is 1. The molecule has 0 amide bonds. The maximum absolute atomic E-state index is 12.2. The number of nitrogens with zero attached hydrogens (tertiary/aromatic N) is 3. The molecular weight excluding hydrogens is 396 g/mol. The number of carboxylic acid groups (broad SMARTS) is 1. The van der Waals surface area contributed by atoms with E-state index in [1.807, 2.05) is 0 Å². The summed E-state index contributed by atoms with van der Waals surface area (Å²) in [5.41, 5.74) is 0.321. The van der Waals surface area contributed by atoms with Crippen molar-refractivity contribution in [1.29, 1.82) is 0 Å². The molecule has 0 radical (unpaired) electrons. The lowest BCUT2D eigenvalue weighted by Gasteiger charge is -2.05. The number of benzene rings is 2. The number of carbonyl (C=O) groups is 2. The first-order chi connectivity index (χ1) is 13.2. The molecule has 0 aromatic heterocycles. The number of nitro groups is 2. The van der Waals surface area contributed by atoms with Gasteiger partial charge in [-0.05, 0) is 30.3 Å². The van der Waals surface area contributed by atoms with Crippen molar-refractivity contribution in [1.82, 2.24) is 0 Å². The average molecular weight is 407 g/mol. The van der Waals surface area contributed by atoms with Crippen LogP contribution < -0.4 is 5.43 Å². The van der Waals surface area contributed by atoms with Crippen LogP contribution >= 0.6 is 11.6 Å². The lowest BCUT2D eigenvalue weighted by molar-refractivity contribution is -0.393. The van der Waals surface area contributed by atoms with Crippen LogP contribution in [0.4, 0.5) is 17.1 Å². The van der Waals surface area contributed by atoms with Crippen LogP contribution in [0.5, 0.6) is 0 Å². The van der Waals surface area contributed by atoms with Crippen LogP contribution in [0.25, 0.3) is 0 Å². The molecule has 2 N–H and O–H groups in total. The maximum Gasteiger partial charge on any atom is 0.352 e. The lowest BCUT2D eigenvalue weighted by atomic mass is 10.1. The maximum atomic E-state index is 12.2. The first kappa shape index (κ1) is 20.5. The summed E-state index contributed by atoms with van der Waals surface area (Å²) in [6.45, 7) is 0. The van der Waals surface area contributed by atoms with E-state index in [1.165, 1.54) is 24.3 Å². The van der Waals surface area contributed by atoms with Crippen molar-refractivity contribution in [2.75, 3.05) is 5.43 Å². The van der Waals surface area contributed by atoms with E-state index in [9.17, 15) is 34.9 Å². The third-order valence-electron chi connectivity index (χ3n) is 3.44. The smallest absolute Gasteiger partial charge is 0.352 e. The summed E-state index contributed by atoms with van der Waals surface area (Å²) >= 11 is 5.72. The number of rotatable bonds is 8. The van der Waals surface area contributed by atoms with E-state index in [1.54, 1.807) is 0 Å². The van der Waals surface area contributed by atoms with Crippen LogP contribution in [-0.2, 0) is 4.79 Å². The van der Waals surface area contributed by atoms with Gasteiger partial charge < -0.3 is 5.11 Å². The molecule has 0 heterocycles. The van der Waals surface area contributed by atoms with Crippen LogP contribution in [0.15, 0.2) is 47.6 Å². The number of halogens is 1. The Bertz CT molecular complexity index is 989. The molecule has 0 atom stereocenters. The van der Waals surface area contributed by atoms with Gasteiger partial charge in [0.25, 0.3) is 5.69 Å². The zero-order valence-corrected chi connectivity index (χ0v) is 14.6. The van der Waals surface area contributed by atoms with E-state index in [-0.39, 0.29) is 11.3 Å². The van der Waals surface area contributed by atoms with Gasteiger partial charge in [-0.3, -0.25) is 30.4 Å². The summed E-state index contributed by atoms with van der Waals surface area (Å²) in [7, 11) is 0. The Labute approximate surface area is 161 Å². The van der Waals surface area contributed by atoms with Gasteiger partial charge in [0, 0.05) is 16.7 Å². The number of ketones is 1. The quantitative estimate of drug-likeness (QED) is 0.291. The van der Waals surface area contributed by atoms with Crippen molar-refractivity contribution >= 4 is 46.1 Å². The van der Waals surface area contributed by atoms with Crippen LogP contribution in [0.1, 0.15) is 16.8 Å². The monoisotopic (exact) mass is 406 g/mol. The standard InChI is InChI=1S/C16H11ClN4O7/c17-10-3-1-9(2-4-10)15(22)8-13(16(23)24)19-18-12-6-5-11(20(25)26)7-14(12)21(27)28/h1-7,18H,8H2,(H,23,24)/b19-13-. The normalized spacial score (nSPS) is 11.0. The van der Waals surface area contributed by atoms with E-state index < -0.39 is 45.1 Å². The molecule has 144 valence electrons. The molecule has 0 aliphatic heterocycles. The Kier molecular flexibility index (Phi) is 6.34. The van der Waals surface area contributed by atoms with Gasteiger partial charge in [0.2, 0.25) is 0 Å². The molecule has 0 aliphatic rings. The van der Waals surface area contributed by atoms with Gasteiger partial charge in [-0.2, -0.15) is 5.10 Å². The van der Waals surface area contributed by atoms with Crippen molar-refractivity contribution in [3.8, 4) is 0 Å². The van der Waals surface area contributed by atoms with Gasteiger partial charge >= 0.3 is 11.7 Å². The van der Waals surface area contributed by atoms with E-state index in [0.29, 0.717) is 11.1 Å². The number of hydrazone groups is 1. The number of aliphatic carboxylic acids is 1. The molecule has 0 spiro atoms. The van der Waals surface area contributed by atoms with Gasteiger partial charge in [0.1, 0.15) is 5.69 Å². The summed E-state index contributed by atoms with van der Waals surface area (Å²) in [6, 6.07) is 8.47. The van der Waals surface area contributed by atoms with Gasteiger partial charge in [0.15, 0.2) is 11.5 Å². The summed E-state index contributed by atoms with van der Waals surface area (Å²) in [6.07, 6.45) is -0.593. The highest BCUT2D eigenvalue weighted by Crippen LogP contribution is 2.29. The molecule has 2 aromatic rings. The minimum atomic E-state index is -1.51. The number of carbonyl (C=O) groups excluding carboxylic acids is 1. The first-order valence-corrected chi connectivity index (χ1v) is 7.84. The molecule has 0 saturated heterocycles. The zero-order chi connectivity index (χ0) is 20.8. The number of nitrogens with one attached hydrogen (secondary N) is 1. The molecular formula is C16H11ClN4O7. The van der Waals surface area contributed by atoms with Crippen LogP contribution in [-0.4, -0.2) is 32.4 Å². The molecule has 0 bridgehead atoms. The highest BCUT2D eigenvalue weighted by molar-refractivity contribution is 6.40. The predicted octanol–water partition coefficient (Wildman–Crippen LogP) is 3.28. The van der Waals surface area contributed by atoms with Crippen LogP contribution in [0.2, 0.25) is 5.02 Å². The van der Waals surface area contributed by atoms with E-state index in [2.05, 4.69) is 10.5 Å². The predicted molar refractivity (Wildman–Crippen MR) is 98.8 cm³/mol. The zero-order valence-electron chi connectivity index (χ0n) is 13.9. The summed E-state index contributed by atoms with van der Waals surface area (Å²) < 4.78 is 0. The van der Waals surface area contributed by atoms with Gasteiger partial charge in [-0.1, -0.05) is 11.6 Å². The number of hydrogen-bond acceptors (Lipinski definition) is 8. The summed E-state index contributed by atoms with van der Waals surface area (Å²) in [5.74, 6) is -2.07. The number of nitro benzene ring substituents is 2. The third-order valence-corrected chi connectivity index (χ3v) is 3.69. The van der Waals surface area contributed by atoms with Crippen LogP contribution in [0, 0.1) is 20.2 Å². The van der Waals surface area contributed by atoms with Gasteiger partial charge in [0.05, 0.1) is 22.3 Å². The van der Waals surface area contributed by atoms with E-state index >= 15 is 0 Å². The topological polar surface area (TPSA) is 165 Å². The molecule has 0 fully saturated rings. The van der Waals surface area contributed by atoms with Crippen molar-refractivity contribution in [3.63, 3.8) is 0 Å². The fraction of sp³-hybridized carbons (Fsp3) is 0.0625. The molecule has 2 aromatic carbocycles. The SMILES string of the molecule is O=C(O)/C(CC(=O)c1ccc(Cl)cc1)=N\Nc1ccc([N+](=O)[O-])cc1[N+](=O)[O-]. The Balaban J connectivity index is 2.26. The van der Waals surface area contributed by atoms with Gasteiger partial charge in [-0.15, -0.1) is 0 Å². The average Bonchev–Trinajstić information content (AvgIpc) is 2.64. The van der Waals surface area contributed by atoms with E-state index in [0.717, 1.165) is 12.1 Å². The van der Waals surface area contributed by atoms with Crippen molar-refractivity contribution in [2.45, 2.75) is 6.42 Å². The molecule has 12 heteroatoms. The second kappa shape index (κ2) is 8.68. The lowest BCUT2D eigenvalue weighted by Crippen LogP contribution is -2.19. The first-order valence-electron chi connectivity index (χ1n) is 7.46. The second-order valence-electron chi connectivity index (χ2n) is 5.30. The largest absolute Gasteiger partial charge is 0.477 e. The number of Topliss-reactive ketones (excluding diaryl/α,β-unsaturated/α-hetero) is 1. The number of carboxylic acids is 1. The highest BCUT2D eigenvalue weighted by Gasteiger charge is 2.21. The molecule has 0 aliphatic carbocycles. The molecule has 11 nitrogen and oxygen atoms in total. The molecule has 0 unspecified atom stereocenters. The Morgan fingerprint density at radius 2 is 1.71 bits per heavy atom. The minimum absolute atomic E-state index is 0.208. The molecule has 2 rings (SSSR count). The molecule has 28 heavy (non-hydrogen) atoms. The summed E-state index contributed by atoms with van der Waals surface area (Å²) in [5, 5.41) is 35.0. The highest BCUT2D eigenvalue weighted by atomic mass is 35.5. The third kappa shape index (κ3) is 5.08. The van der Waals surface area contributed by atoms with Crippen LogP contribution in [0.3, 0.4) is 0 Å². The summed E-state index contributed by atoms with van der Waals surface area (Å²) in [4.78, 5) is 43.6. The Hall–Kier alpha value is -3.86. The fourth-order valence-electron chi connectivity index (χ4n) is 2.06. The number of anilines is 1. The van der Waals surface area contributed by atoms with Crippen molar-refractivity contribution in [2.24, 2.45) is 5.10 Å². The Morgan fingerprint density at radius 1 is 1.07 bits per heavy atom. The van der Waals surface area contributed by atoms with Crippen molar-refractivity contribution < 1.29 is 24.5 Å². The Morgan fingerprint density at radius 3 is 2.25 bits per heavy atom. The number of hydrogen-bond donors (Lipinski definition) is 2. The fourth-order valence-corrected chi connectivity index (χ4v) is 2.19. The minimum Gasteiger partial charge on any atom is -0.477 e. The molecule has 0 saturated carbocycles. The second-order valence-corrected chi connectivity index (χ2v) is 5.73. The van der Waals surface area contributed by atoms with E-state index in [4.69, 9.17) is 11.6 Å². The van der Waals surface area contributed by atoms with Gasteiger partial charge in [-0.25, -0.2) is 4.79 Å².